The van der Waals surface area contributed by atoms with Gasteiger partial charge in [0.05, 0.1) is 13.2 Å². The number of benzene rings is 3. The molecule has 4 aliphatic heterocycles. The highest BCUT2D eigenvalue weighted by Gasteiger charge is 2.60. The Bertz CT molecular complexity index is 1670. The lowest BCUT2D eigenvalue weighted by Crippen LogP contribution is -2.65. The lowest BCUT2D eigenvalue weighted by Gasteiger charge is -2.45. The molecule has 7 rings (SSSR count). The fourth-order valence-electron chi connectivity index (χ4n) is 8.54. The van der Waals surface area contributed by atoms with E-state index in [1.807, 2.05) is 96.1 Å². The van der Waals surface area contributed by atoms with Crippen molar-refractivity contribution >= 4 is 5.91 Å². The van der Waals surface area contributed by atoms with Crippen LogP contribution in [-0.2, 0) is 62.5 Å². The van der Waals surface area contributed by atoms with E-state index >= 15 is 0 Å². The summed E-state index contributed by atoms with van der Waals surface area (Å²) in [5.74, 6) is -3.26. The molecule has 0 bridgehead atoms. The van der Waals surface area contributed by atoms with Crippen LogP contribution in [0.1, 0.15) is 65.2 Å². The highest BCUT2D eigenvalue weighted by molar-refractivity contribution is 5.73. The maximum Gasteiger partial charge on any atom is 0.217 e. The summed E-state index contributed by atoms with van der Waals surface area (Å²) in [6.45, 7) is 12.7. The average Bonchev–Trinajstić information content (AvgIpc) is 3.83. The Hall–Kier alpha value is -3.31. The first-order valence-corrected chi connectivity index (χ1v) is 19.6. The smallest absolute Gasteiger partial charge is 0.217 e. The second-order valence-electron chi connectivity index (χ2n) is 16.3. The molecule has 310 valence electrons. The molecular weight excluding hydrogens is 734 g/mol. The van der Waals surface area contributed by atoms with Crippen molar-refractivity contribution in [3.8, 4) is 0 Å². The van der Waals surface area contributed by atoms with E-state index in [1.165, 1.54) is 21.1 Å². The van der Waals surface area contributed by atoms with Crippen LogP contribution < -0.4 is 5.32 Å². The minimum atomic E-state index is -1.12. The van der Waals surface area contributed by atoms with Gasteiger partial charge >= 0.3 is 0 Å². The van der Waals surface area contributed by atoms with Gasteiger partial charge in [-0.2, -0.15) is 0 Å². The summed E-state index contributed by atoms with van der Waals surface area (Å²) in [4.78, 5) is 12.9. The van der Waals surface area contributed by atoms with E-state index in [0.717, 1.165) is 16.7 Å². The van der Waals surface area contributed by atoms with Crippen molar-refractivity contribution < 1.29 is 56.9 Å². The van der Waals surface area contributed by atoms with E-state index in [4.69, 9.17) is 52.1 Å². The predicted octanol–water partition coefficient (Wildman–Crippen LogP) is 5.42. The van der Waals surface area contributed by atoms with E-state index in [0.29, 0.717) is 0 Å². The summed E-state index contributed by atoms with van der Waals surface area (Å²) in [5, 5.41) is 3.06. The van der Waals surface area contributed by atoms with Crippen LogP contribution in [-0.4, -0.2) is 112 Å². The zero-order valence-corrected chi connectivity index (χ0v) is 34.2. The molecular formula is C44H57NO12. The molecule has 1 amide bonds. The predicted molar refractivity (Wildman–Crippen MR) is 207 cm³/mol. The SMILES string of the molecule is COC(OC)[C@@H]1OC(C)(C)O[C@H]1C(O[C@@H]1O[C@H](COC(c2ccccc2)(c2ccccc2)c2ccccc2)[C@@H]2OC(C)(C)O[C@@H]2[C@@H]1NC(C)=O)[C@@H]1COC(C)(C)O1. The van der Waals surface area contributed by atoms with Crippen molar-refractivity contribution in [3.63, 3.8) is 0 Å². The lowest BCUT2D eigenvalue weighted by atomic mass is 9.80. The molecule has 0 aliphatic carbocycles. The first kappa shape index (κ1) is 41.8. The fourth-order valence-corrected chi connectivity index (χ4v) is 8.54. The largest absolute Gasteiger partial charge is 0.358 e. The minimum Gasteiger partial charge on any atom is -0.358 e. The zero-order chi connectivity index (χ0) is 40.6. The number of hydrogen-bond donors (Lipinski definition) is 1. The number of carbonyl (C=O) groups excluding carboxylic acids is 1. The Morgan fingerprint density at radius 3 is 1.72 bits per heavy atom. The topological polar surface area (TPSA) is 131 Å². The fraction of sp³-hybridized carbons (Fsp3) is 0.568. The van der Waals surface area contributed by atoms with Gasteiger partial charge in [0.2, 0.25) is 5.91 Å². The minimum absolute atomic E-state index is 0.0425. The van der Waals surface area contributed by atoms with E-state index < -0.39 is 84.3 Å². The molecule has 4 heterocycles. The maximum atomic E-state index is 12.9. The number of carbonyl (C=O) groups is 1. The Labute approximate surface area is 335 Å². The molecule has 9 atom stereocenters. The van der Waals surface area contributed by atoms with Gasteiger partial charge in [-0.15, -0.1) is 0 Å². The molecule has 1 unspecified atom stereocenters. The number of amides is 1. The average molecular weight is 792 g/mol. The Kier molecular flexibility index (Phi) is 12.3. The Morgan fingerprint density at radius 1 is 0.719 bits per heavy atom. The first-order chi connectivity index (χ1) is 27.1. The molecule has 0 spiro atoms. The van der Waals surface area contributed by atoms with Crippen LogP contribution >= 0.6 is 0 Å². The van der Waals surface area contributed by atoms with Crippen molar-refractivity contribution in [2.75, 3.05) is 27.4 Å². The third kappa shape index (κ3) is 8.85. The van der Waals surface area contributed by atoms with E-state index in [9.17, 15) is 4.79 Å². The van der Waals surface area contributed by atoms with Gasteiger partial charge in [-0.05, 0) is 58.2 Å². The summed E-state index contributed by atoms with van der Waals surface area (Å²) >= 11 is 0. The number of rotatable bonds is 14. The number of fused-ring (bicyclic) bond motifs is 1. The second kappa shape index (κ2) is 16.7. The van der Waals surface area contributed by atoms with Crippen LogP contribution in [0.5, 0.6) is 0 Å². The number of methoxy groups -OCH3 is 2. The van der Waals surface area contributed by atoms with E-state index in [-0.39, 0.29) is 19.1 Å². The molecule has 13 heteroatoms. The van der Waals surface area contributed by atoms with Gasteiger partial charge in [-0.25, -0.2) is 0 Å². The Balaban J connectivity index is 1.29. The maximum absolute atomic E-state index is 12.9. The molecule has 4 fully saturated rings. The molecule has 1 N–H and O–H groups in total. The molecule has 4 saturated heterocycles. The van der Waals surface area contributed by atoms with Crippen molar-refractivity contribution in [3.05, 3.63) is 108 Å². The van der Waals surface area contributed by atoms with Crippen LogP contribution in [0.25, 0.3) is 0 Å². The molecule has 0 aromatic heterocycles. The van der Waals surface area contributed by atoms with Crippen LogP contribution in [0.4, 0.5) is 0 Å². The van der Waals surface area contributed by atoms with E-state index in [1.54, 1.807) is 0 Å². The molecule has 57 heavy (non-hydrogen) atoms. The highest BCUT2D eigenvalue weighted by Crippen LogP contribution is 2.45. The summed E-state index contributed by atoms with van der Waals surface area (Å²) < 4.78 is 71.4. The molecule has 0 saturated carbocycles. The van der Waals surface area contributed by atoms with Gasteiger partial charge in [0, 0.05) is 21.1 Å². The van der Waals surface area contributed by atoms with Gasteiger partial charge < -0.3 is 57.4 Å². The van der Waals surface area contributed by atoms with Crippen molar-refractivity contribution in [1.82, 2.24) is 5.32 Å². The van der Waals surface area contributed by atoms with Gasteiger partial charge in [-0.1, -0.05) is 91.0 Å². The summed E-state index contributed by atoms with van der Waals surface area (Å²) in [6, 6.07) is 29.5. The lowest BCUT2D eigenvalue weighted by molar-refractivity contribution is -0.296. The Morgan fingerprint density at radius 2 is 1.23 bits per heavy atom. The van der Waals surface area contributed by atoms with Crippen molar-refractivity contribution in [2.45, 2.75) is 133 Å². The summed E-state index contributed by atoms with van der Waals surface area (Å²) in [5.41, 5.74) is 1.75. The van der Waals surface area contributed by atoms with Gasteiger partial charge in [-0.3, -0.25) is 4.79 Å². The van der Waals surface area contributed by atoms with Crippen LogP contribution in [0.2, 0.25) is 0 Å². The van der Waals surface area contributed by atoms with Crippen LogP contribution in [0, 0.1) is 0 Å². The van der Waals surface area contributed by atoms with Crippen LogP contribution in [0.15, 0.2) is 91.0 Å². The highest BCUT2D eigenvalue weighted by atomic mass is 16.8. The number of ether oxygens (including phenoxy) is 11. The monoisotopic (exact) mass is 791 g/mol. The third-order valence-electron chi connectivity index (χ3n) is 10.8. The van der Waals surface area contributed by atoms with Gasteiger partial charge in [0.25, 0.3) is 0 Å². The first-order valence-electron chi connectivity index (χ1n) is 19.6. The quantitative estimate of drug-likeness (QED) is 0.165. The van der Waals surface area contributed by atoms with Crippen LogP contribution in [0.3, 0.4) is 0 Å². The third-order valence-corrected chi connectivity index (χ3v) is 10.8. The zero-order valence-electron chi connectivity index (χ0n) is 34.2. The van der Waals surface area contributed by atoms with Gasteiger partial charge in [0.1, 0.15) is 54.4 Å². The molecule has 3 aromatic rings. The van der Waals surface area contributed by atoms with Crippen molar-refractivity contribution in [1.29, 1.82) is 0 Å². The molecule has 3 aromatic carbocycles. The molecule has 0 radical (unpaired) electrons. The molecule has 13 nitrogen and oxygen atoms in total. The van der Waals surface area contributed by atoms with Gasteiger partial charge in [0.15, 0.2) is 29.9 Å². The normalized spacial score (nSPS) is 30.9. The standard InChI is InChI=1S/C44H57NO12/c1-27(46)45-33-36-35(54-42(4,5)55-36)31(25-50-44(28-19-13-10-14-20-28,29-21-15-11-16-22-29)30-23-17-12-18-24-30)51-39(33)52-34(32-26-49-41(2,3)53-32)37-38(40(47-8)48-9)57-43(6,7)56-37/h10-24,31-40H,25-26H2,1-9H3,(H,45,46)/t31-,32+,33+,34?,35+,36-,37+,38-,39+/m1/s1. The summed E-state index contributed by atoms with van der Waals surface area (Å²) in [6.07, 6.45) is -7.09. The second-order valence-corrected chi connectivity index (χ2v) is 16.3. The van der Waals surface area contributed by atoms with Crippen molar-refractivity contribution in [2.24, 2.45) is 0 Å². The van der Waals surface area contributed by atoms with E-state index in [2.05, 4.69) is 41.7 Å². The number of hydrogen-bond acceptors (Lipinski definition) is 12. The summed E-state index contributed by atoms with van der Waals surface area (Å²) in [7, 11) is 3.07. The number of nitrogens with one attached hydrogen (secondary N) is 1. The molecule has 4 aliphatic rings.